The van der Waals surface area contributed by atoms with Gasteiger partial charge in [0.25, 0.3) is 0 Å². The Bertz CT molecular complexity index is 268. The number of aliphatic carboxylic acids is 1. The van der Waals surface area contributed by atoms with Crippen LogP contribution in [0.1, 0.15) is 12.8 Å². The van der Waals surface area contributed by atoms with E-state index in [1.807, 2.05) is 30.3 Å². The van der Waals surface area contributed by atoms with Crippen molar-refractivity contribution in [3.63, 3.8) is 0 Å². The zero-order valence-electron chi connectivity index (χ0n) is 7.11. The summed E-state index contributed by atoms with van der Waals surface area (Å²) in [6.45, 7) is 0. The zero-order chi connectivity index (χ0) is 9.68. The van der Waals surface area contributed by atoms with E-state index in [2.05, 4.69) is 15.9 Å². The van der Waals surface area contributed by atoms with Crippen molar-refractivity contribution in [2.24, 2.45) is 5.92 Å². The summed E-state index contributed by atoms with van der Waals surface area (Å²) in [6, 6.07) is 9.97. The summed E-state index contributed by atoms with van der Waals surface area (Å²) in [5, 5.41) is 8.05. The van der Waals surface area contributed by atoms with Crippen molar-refractivity contribution in [2.75, 3.05) is 0 Å². The predicted octanol–water partition coefficient (Wildman–Crippen LogP) is 2.93. The van der Waals surface area contributed by atoms with Crippen LogP contribution >= 0.6 is 15.9 Å². The molecule has 0 aliphatic heterocycles. The standard InChI is InChI=1S/C6H5Br.C4H6O2/c7-6-4-2-1-3-5-6;5-4(6)3-1-2-3/h1-5H;3H,1-2H2,(H,5,6). The van der Waals surface area contributed by atoms with Crippen LogP contribution in [-0.4, -0.2) is 11.1 Å². The molecule has 1 N–H and O–H groups in total. The van der Waals surface area contributed by atoms with Gasteiger partial charge in [-0.2, -0.15) is 0 Å². The molecule has 0 spiro atoms. The highest BCUT2D eigenvalue weighted by Gasteiger charge is 2.28. The molecule has 0 unspecified atom stereocenters. The van der Waals surface area contributed by atoms with E-state index < -0.39 is 5.97 Å². The summed E-state index contributed by atoms with van der Waals surface area (Å²) in [4.78, 5) is 9.76. The summed E-state index contributed by atoms with van der Waals surface area (Å²) in [6.07, 6.45) is 1.80. The second-order valence-corrected chi connectivity index (χ2v) is 3.82. The minimum absolute atomic E-state index is 0.0185. The number of hydrogen-bond acceptors (Lipinski definition) is 1. The second-order valence-electron chi connectivity index (χ2n) is 2.91. The lowest BCUT2D eigenvalue weighted by atomic mass is 10.4. The van der Waals surface area contributed by atoms with E-state index in [-0.39, 0.29) is 5.92 Å². The van der Waals surface area contributed by atoms with Crippen molar-refractivity contribution in [1.29, 1.82) is 0 Å². The summed E-state index contributed by atoms with van der Waals surface area (Å²) >= 11 is 3.31. The molecule has 1 aromatic rings. The number of halogens is 1. The maximum absolute atomic E-state index is 9.76. The lowest BCUT2D eigenvalue weighted by Gasteiger charge is -1.80. The molecule has 1 aliphatic rings. The van der Waals surface area contributed by atoms with Crippen molar-refractivity contribution >= 4 is 21.9 Å². The smallest absolute Gasteiger partial charge is 0.306 e. The number of hydrogen-bond donors (Lipinski definition) is 1. The average Bonchev–Trinajstić information content (AvgIpc) is 2.88. The quantitative estimate of drug-likeness (QED) is 0.823. The van der Waals surface area contributed by atoms with Gasteiger partial charge in [-0.1, -0.05) is 34.1 Å². The maximum atomic E-state index is 9.76. The van der Waals surface area contributed by atoms with Gasteiger partial charge in [0.15, 0.2) is 0 Å². The first-order valence-corrected chi connectivity index (χ1v) is 4.93. The fourth-order valence-electron chi connectivity index (χ4n) is 0.745. The Kier molecular flexibility index (Phi) is 3.96. The molecule has 0 atom stereocenters. The second kappa shape index (κ2) is 5.02. The van der Waals surface area contributed by atoms with E-state index in [0.717, 1.165) is 17.3 Å². The van der Waals surface area contributed by atoms with E-state index in [0.29, 0.717) is 0 Å². The zero-order valence-corrected chi connectivity index (χ0v) is 8.70. The summed E-state index contributed by atoms with van der Waals surface area (Å²) in [7, 11) is 0. The molecular formula is C10H11BrO2. The highest BCUT2D eigenvalue weighted by atomic mass is 79.9. The fraction of sp³-hybridized carbons (Fsp3) is 0.300. The van der Waals surface area contributed by atoms with Crippen molar-refractivity contribution in [3.8, 4) is 0 Å². The molecule has 13 heavy (non-hydrogen) atoms. The number of carboxylic acids is 1. The molecule has 1 aromatic carbocycles. The molecule has 1 saturated carbocycles. The SMILES string of the molecule is Brc1ccccc1.O=C(O)C1CC1. The van der Waals surface area contributed by atoms with Crippen LogP contribution in [0.25, 0.3) is 0 Å². The Balaban J connectivity index is 0.000000132. The molecular weight excluding hydrogens is 232 g/mol. The van der Waals surface area contributed by atoms with E-state index in [9.17, 15) is 4.79 Å². The maximum Gasteiger partial charge on any atom is 0.306 e. The minimum atomic E-state index is -0.630. The van der Waals surface area contributed by atoms with Crippen LogP contribution in [0.3, 0.4) is 0 Å². The molecule has 1 aliphatic carbocycles. The summed E-state index contributed by atoms with van der Waals surface area (Å²) in [5.41, 5.74) is 0. The molecule has 0 saturated heterocycles. The molecule has 1 fully saturated rings. The third-order valence-electron chi connectivity index (χ3n) is 1.66. The molecule has 0 amide bonds. The van der Waals surface area contributed by atoms with Crippen LogP contribution in [0.4, 0.5) is 0 Å². The van der Waals surface area contributed by atoms with Gasteiger partial charge in [-0.25, -0.2) is 0 Å². The first-order valence-electron chi connectivity index (χ1n) is 4.13. The Morgan fingerprint density at radius 2 is 1.85 bits per heavy atom. The van der Waals surface area contributed by atoms with Crippen molar-refractivity contribution in [2.45, 2.75) is 12.8 Å². The average molecular weight is 243 g/mol. The number of carboxylic acid groups (broad SMARTS) is 1. The van der Waals surface area contributed by atoms with Crippen molar-refractivity contribution in [3.05, 3.63) is 34.8 Å². The molecule has 0 bridgehead atoms. The van der Waals surface area contributed by atoms with E-state index in [1.165, 1.54) is 0 Å². The lowest BCUT2D eigenvalue weighted by Crippen LogP contribution is -1.94. The number of rotatable bonds is 1. The van der Waals surface area contributed by atoms with E-state index in [1.54, 1.807) is 0 Å². The molecule has 70 valence electrons. The number of carbonyl (C=O) groups is 1. The van der Waals surface area contributed by atoms with Gasteiger partial charge >= 0.3 is 5.97 Å². The van der Waals surface area contributed by atoms with Crippen LogP contribution in [0.5, 0.6) is 0 Å². The van der Waals surface area contributed by atoms with Gasteiger partial charge in [0.2, 0.25) is 0 Å². The van der Waals surface area contributed by atoms with Crippen molar-refractivity contribution in [1.82, 2.24) is 0 Å². The Morgan fingerprint density at radius 3 is 2.00 bits per heavy atom. The monoisotopic (exact) mass is 242 g/mol. The number of benzene rings is 1. The Labute approximate surface area is 85.7 Å². The molecule has 2 nitrogen and oxygen atoms in total. The first-order chi connectivity index (χ1) is 6.20. The van der Waals surface area contributed by atoms with Crippen molar-refractivity contribution < 1.29 is 9.90 Å². The highest BCUT2D eigenvalue weighted by Crippen LogP contribution is 2.28. The third-order valence-corrected chi connectivity index (χ3v) is 2.19. The first kappa shape index (κ1) is 10.3. The van der Waals surface area contributed by atoms with Gasteiger partial charge in [0.05, 0.1) is 5.92 Å². The van der Waals surface area contributed by atoms with Gasteiger partial charge in [0, 0.05) is 4.47 Å². The van der Waals surface area contributed by atoms with Gasteiger partial charge < -0.3 is 5.11 Å². The predicted molar refractivity (Wildman–Crippen MR) is 54.5 cm³/mol. The largest absolute Gasteiger partial charge is 0.481 e. The van der Waals surface area contributed by atoms with Gasteiger partial charge in [-0.15, -0.1) is 0 Å². The summed E-state index contributed by atoms with van der Waals surface area (Å²) < 4.78 is 1.13. The Morgan fingerprint density at radius 1 is 1.31 bits per heavy atom. The molecule has 0 radical (unpaired) electrons. The lowest BCUT2D eigenvalue weighted by molar-refractivity contribution is -0.138. The van der Waals surface area contributed by atoms with Crippen LogP contribution in [-0.2, 0) is 4.79 Å². The topological polar surface area (TPSA) is 37.3 Å². The van der Waals surface area contributed by atoms with Gasteiger partial charge in [-0.05, 0) is 25.0 Å². The molecule has 0 heterocycles. The Hall–Kier alpha value is -0.830. The van der Waals surface area contributed by atoms with Gasteiger partial charge in [0.1, 0.15) is 0 Å². The fourth-order valence-corrected chi connectivity index (χ4v) is 1.05. The molecule has 0 aromatic heterocycles. The molecule has 2 rings (SSSR count). The van der Waals surface area contributed by atoms with E-state index in [4.69, 9.17) is 5.11 Å². The normalized spacial score (nSPS) is 14.2. The van der Waals surface area contributed by atoms with Crippen LogP contribution in [0, 0.1) is 5.92 Å². The summed E-state index contributed by atoms with van der Waals surface area (Å²) in [5.74, 6) is -0.611. The molecule has 3 heteroatoms. The minimum Gasteiger partial charge on any atom is -0.481 e. The van der Waals surface area contributed by atoms with Crippen LogP contribution in [0.2, 0.25) is 0 Å². The third kappa shape index (κ3) is 4.68. The van der Waals surface area contributed by atoms with Crippen LogP contribution < -0.4 is 0 Å². The van der Waals surface area contributed by atoms with Crippen LogP contribution in [0.15, 0.2) is 34.8 Å². The highest BCUT2D eigenvalue weighted by molar-refractivity contribution is 9.10. The van der Waals surface area contributed by atoms with Gasteiger partial charge in [-0.3, -0.25) is 4.79 Å². The van der Waals surface area contributed by atoms with E-state index >= 15 is 0 Å².